The van der Waals surface area contributed by atoms with E-state index < -0.39 is 0 Å². The van der Waals surface area contributed by atoms with Crippen LogP contribution in [0.15, 0.2) is 0 Å². The molecule has 0 bridgehead atoms. The van der Waals surface area contributed by atoms with Gasteiger partial charge in [-0.2, -0.15) is 0 Å². The van der Waals surface area contributed by atoms with E-state index in [-0.39, 0.29) is 5.92 Å². The molecule has 0 radical (unpaired) electrons. The van der Waals surface area contributed by atoms with Crippen molar-refractivity contribution in [3.8, 4) is 0 Å². The van der Waals surface area contributed by atoms with Gasteiger partial charge in [-0.1, -0.05) is 13.8 Å². The lowest BCUT2D eigenvalue weighted by molar-refractivity contribution is -0.137. The molecule has 0 unspecified atom stereocenters. The number of likely N-dealkylation sites (N-methyl/N-ethyl adjacent to an activating group) is 1. The minimum atomic E-state index is 0.223. The summed E-state index contributed by atoms with van der Waals surface area (Å²) in [5, 5.41) is 3.16. The van der Waals surface area contributed by atoms with Crippen molar-refractivity contribution in [1.82, 2.24) is 15.1 Å². The van der Waals surface area contributed by atoms with Crippen LogP contribution in [-0.4, -0.2) is 62.5 Å². The molecular weight excluding hydrogens is 202 g/mol. The van der Waals surface area contributed by atoms with Gasteiger partial charge in [-0.25, -0.2) is 0 Å². The average molecular weight is 227 g/mol. The smallest absolute Gasteiger partial charge is 0.228 e. The van der Waals surface area contributed by atoms with Gasteiger partial charge in [0.05, 0.1) is 5.92 Å². The highest BCUT2D eigenvalue weighted by molar-refractivity contribution is 5.80. The molecule has 0 aromatic carbocycles. The van der Waals surface area contributed by atoms with Gasteiger partial charge in [0, 0.05) is 32.7 Å². The molecular formula is C12H25N3O. The number of carbonyl (C=O) groups excluding carboxylic acids is 1. The van der Waals surface area contributed by atoms with Crippen LogP contribution in [0.3, 0.4) is 0 Å². The number of rotatable bonds is 6. The average Bonchev–Trinajstić information content (AvgIpc) is 2.08. The maximum atomic E-state index is 12.1. The SMILES string of the molecule is CC(C)CN(CCN(C)C)C(=O)C1CNC1. The second-order valence-corrected chi connectivity index (χ2v) is 5.34. The zero-order chi connectivity index (χ0) is 12.1. The molecule has 94 valence electrons. The summed E-state index contributed by atoms with van der Waals surface area (Å²) >= 11 is 0. The van der Waals surface area contributed by atoms with Crippen LogP contribution < -0.4 is 5.32 Å². The molecule has 4 heteroatoms. The quantitative estimate of drug-likeness (QED) is 0.706. The predicted octanol–water partition coefficient (Wildman–Crippen LogP) is 0.252. The van der Waals surface area contributed by atoms with Crippen molar-refractivity contribution in [2.45, 2.75) is 13.8 Å². The van der Waals surface area contributed by atoms with Crippen LogP contribution in [0.25, 0.3) is 0 Å². The summed E-state index contributed by atoms with van der Waals surface area (Å²) in [4.78, 5) is 16.3. The lowest BCUT2D eigenvalue weighted by Gasteiger charge is -2.34. The molecule has 0 aromatic rings. The van der Waals surface area contributed by atoms with E-state index in [0.717, 1.165) is 32.7 Å². The number of amides is 1. The Morgan fingerprint density at radius 1 is 1.31 bits per heavy atom. The Labute approximate surface area is 99.0 Å². The van der Waals surface area contributed by atoms with Crippen molar-refractivity contribution in [3.05, 3.63) is 0 Å². The Morgan fingerprint density at radius 2 is 1.94 bits per heavy atom. The van der Waals surface area contributed by atoms with Crippen molar-refractivity contribution in [3.63, 3.8) is 0 Å². The standard InChI is InChI=1S/C12H25N3O/c1-10(2)9-15(6-5-14(3)4)12(16)11-7-13-8-11/h10-11,13H,5-9H2,1-4H3. The van der Waals surface area contributed by atoms with Gasteiger partial charge in [0.15, 0.2) is 0 Å². The molecule has 1 fully saturated rings. The Bertz CT molecular complexity index is 224. The third-order valence-corrected chi connectivity index (χ3v) is 2.85. The van der Waals surface area contributed by atoms with Gasteiger partial charge >= 0.3 is 0 Å². The Morgan fingerprint density at radius 3 is 2.31 bits per heavy atom. The fraction of sp³-hybridized carbons (Fsp3) is 0.917. The molecule has 0 spiro atoms. The molecule has 1 N–H and O–H groups in total. The lowest BCUT2D eigenvalue weighted by Crippen LogP contribution is -2.53. The van der Waals surface area contributed by atoms with Crippen molar-refractivity contribution < 1.29 is 4.79 Å². The van der Waals surface area contributed by atoms with E-state index in [1.54, 1.807) is 0 Å². The maximum Gasteiger partial charge on any atom is 0.228 e. The van der Waals surface area contributed by atoms with E-state index >= 15 is 0 Å². The van der Waals surface area contributed by atoms with Crippen molar-refractivity contribution in [2.24, 2.45) is 11.8 Å². The molecule has 0 atom stereocenters. The largest absolute Gasteiger partial charge is 0.341 e. The number of hydrogen-bond donors (Lipinski definition) is 1. The molecule has 0 aliphatic carbocycles. The highest BCUT2D eigenvalue weighted by Gasteiger charge is 2.29. The zero-order valence-corrected chi connectivity index (χ0v) is 11.0. The molecule has 1 aliphatic rings. The molecule has 1 saturated heterocycles. The highest BCUT2D eigenvalue weighted by Crippen LogP contribution is 2.10. The van der Waals surface area contributed by atoms with Gasteiger partial charge in [-0.05, 0) is 20.0 Å². The van der Waals surface area contributed by atoms with Crippen LogP contribution in [0, 0.1) is 11.8 Å². The molecule has 16 heavy (non-hydrogen) atoms. The molecule has 1 heterocycles. The highest BCUT2D eigenvalue weighted by atomic mass is 16.2. The normalized spacial score (nSPS) is 16.6. The van der Waals surface area contributed by atoms with Crippen LogP contribution in [-0.2, 0) is 4.79 Å². The topological polar surface area (TPSA) is 35.6 Å². The van der Waals surface area contributed by atoms with Crippen LogP contribution in [0.2, 0.25) is 0 Å². The van der Waals surface area contributed by atoms with E-state index in [4.69, 9.17) is 0 Å². The van der Waals surface area contributed by atoms with E-state index in [1.807, 2.05) is 19.0 Å². The second-order valence-electron chi connectivity index (χ2n) is 5.34. The monoisotopic (exact) mass is 227 g/mol. The first-order valence-electron chi connectivity index (χ1n) is 6.15. The molecule has 1 amide bonds. The summed E-state index contributed by atoms with van der Waals surface area (Å²) in [6.45, 7) is 8.71. The third kappa shape index (κ3) is 4.10. The summed E-state index contributed by atoms with van der Waals surface area (Å²) in [5.74, 6) is 1.09. The van der Waals surface area contributed by atoms with E-state index in [9.17, 15) is 4.79 Å². The first kappa shape index (κ1) is 13.5. The van der Waals surface area contributed by atoms with Crippen LogP contribution >= 0.6 is 0 Å². The minimum Gasteiger partial charge on any atom is -0.341 e. The predicted molar refractivity (Wildman–Crippen MR) is 66.3 cm³/mol. The second kappa shape index (κ2) is 6.21. The fourth-order valence-electron chi connectivity index (χ4n) is 1.77. The van der Waals surface area contributed by atoms with Gasteiger partial charge in [-0.3, -0.25) is 4.79 Å². The lowest BCUT2D eigenvalue weighted by atomic mass is 10.0. The maximum absolute atomic E-state index is 12.1. The first-order chi connectivity index (χ1) is 7.50. The van der Waals surface area contributed by atoms with E-state index in [1.165, 1.54) is 0 Å². The number of carbonyl (C=O) groups is 1. The Hall–Kier alpha value is -0.610. The fourth-order valence-corrected chi connectivity index (χ4v) is 1.77. The Kier molecular flexibility index (Phi) is 5.22. The summed E-state index contributed by atoms with van der Waals surface area (Å²) in [5.41, 5.74) is 0. The third-order valence-electron chi connectivity index (χ3n) is 2.85. The number of nitrogens with zero attached hydrogens (tertiary/aromatic N) is 2. The summed E-state index contributed by atoms with van der Waals surface area (Å²) in [6, 6.07) is 0. The Balaban J connectivity index is 2.44. The van der Waals surface area contributed by atoms with Crippen molar-refractivity contribution in [1.29, 1.82) is 0 Å². The first-order valence-corrected chi connectivity index (χ1v) is 6.15. The van der Waals surface area contributed by atoms with Crippen molar-refractivity contribution >= 4 is 5.91 Å². The summed E-state index contributed by atoms with van der Waals surface area (Å²) in [7, 11) is 4.09. The minimum absolute atomic E-state index is 0.223. The van der Waals surface area contributed by atoms with Crippen molar-refractivity contribution in [2.75, 3.05) is 46.8 Å². The number of hydrogen-bond acceptors (Lipinski definition) is 3. The molecule has 0 saturated carbocycles. The van der Waals surface area contributed by atoms with Gasteiger partial charge in [0.2, 0.25) is 5.91 Å². The summed E-state index contributed by atoms with van der Waals surface area (Å²) < 4.78 is 0. The van der Waals surface area contributed by atoms with Gasteiger partial charge in [0.1, 0.15) is 0 Å². The number of nitrogens with one attached hydrogen (secondary N) is 1. The van der Waals surface area contributed by atoms with Crippen LogP contribution in [0.5, 0.6) is 0 Å². The van der Waals surface area contributed by atoms with E-state index in [2.05, 4.69) is 24.1 Å². The molecule has 0 aromatic heterocycles. The molecule has 4 nitrogen and oxygen atoms in total. The zero-order valence-electron chi connectivity index (χ0n) is 11.0. The van der Waals surface area contributed by atoms with Gasteiger partial charge < -0.3 is 15.1 Å². The molecule has 1 rings (SSSR count). The van der Waals surface area contributed by atoms with Gasteiger partial charge in [0.25, 0.3) is 0 Å². The summed E-state index contributed by atoms with van der Waals surface area (Å²) in [6.07, 6.45) is 0. The van der Waals surface area contributed by atoms with Crippen LogP contribution in [0.4, 0.5) is 0 Å². The van der Waals surface area contributed by atoms with Gasteiger partial charge in [-0.15, -0.1) is 0 Å². The van der Waals surface area contributed by atoms with Crippen LogP contribution in [0.1, 0.15) is 13.8 Å². The van der Waals surface area contributed by atoms with E-state index in [0.29, 0.717) is 11.8 Å². The molecule has 1 aliphatic heterocycles.